The topological polar surface area (TPSA) is 40.5 Å². The molecule has 8 aliphatic rings. The Morgan fingerprint density at radius 2 is 0.735 bits per heavy atom. The summed E-state index contributed by atoms with van der Waals surface area (Å²) in [5, 5.41) is 25.0. The van der Waals surface area contributed by atoms with Crippen LogP contribution in [0.15, 0.2) is 48.5 Å². The molecule has 2 aromatic rings. The van der Waals surface area contributed by atoms with Crippen molar-refractivity contribution in [3.8, 4) is 11.1 Å². The van der Waals surface area contributed by atoms with E-state index in [4.69, 9.17) is 0 Å². The van der Waals surface area contributed by atoms with Crippen LogP contribution in [0.1, 0.15) is 75.3 Å². The molecule has 8 bridgehead atoms. The van der Waals surface area contributed by atoms with Crippen LogP contribution in [0.5, 0.6) is 0 Å². The second kappa shape index (κ2) is 6.98. The molecule has 8 saturated carbocycles. The molecule has 0 spiro atoms. The first-order chi connectivity index (χ1) is 16.5. The minimum atomic E-state index is -0.718. The summed E-state index contributed by atoms with van der Waals surface area (Å²) in [4.78, 5) is 0. The van der Waals surface area contributed by atoms with Crippen molar-refractivity contribution in [3.05, 3.63) is 59.7 Å². The molecule has 0 heterocycles. The Bertz CT molecular complexity index is 986. The third-order valence-corrected chi connectivity index (χ3v) is 11.8. The molecule has 0 aromatic heterocycles. The zero-order valence-corrected chi connectivity index (χ0v) is 20.2. The second-order valence-corrected chi connectivity index (χ2v) is 13.4. The SMILES string of the molecule is OC1(c2ccccc2-c2ccccc2C2(O)C3CC4CC(C3)CC2C4)C2CC3CC(C2)CC1C3. The summed E-state index contributed by atoms with van der Waals surface area (Å²) < 4.78 is 0. The van der Waals surface area contributed by atoms with Crippen LogP contribution in [-0.4, -0.2) is 10.2 Å². The van der Waals surface area contributed by atoms with Crippen molar-refractivity contribution in [2.24, 2.45) is 47.3 Å². The van der Waals surface area contributed by atoms with E-state index in [1.807, 2.05) is 0 Å². The van der Waals surface area contributed by atoms with Crippen LogP contribution in [0.4, 0.5) is 0 Å². The minimum Gasteiger partial charge on any atom is -0.385 e. The third-order valence-electron chi connectivity index (χ3n) is 11.8. The van der Waals surface area contributed by atoms with E-state index in [0.29, 0.717) is 23.7 Å². The van der Waals surface area contributed by atoms with Gasteiger partial charge in [-0.1, -0.05) is 48.5 Å². The number of rotatable bonds is 3. The van der Waals surface area contributed by atoms with Gasteiger partial charge in [0.25, 0.3) is 0 Å². The molecule has 0 aliphatic heterocycles. The van der Waals surface area contributed by atoms with E-state index in [1.165, 1.54) is 75.3 Å². The van der Waals surface area contributed by atoms with Gasteiger partial charge >= 0.3 is 0 Å². The summed E-state index contributed by atoms with van der Waals surface area (Å²) in [5.41, 5.74) is 3.20. The molecule has 0 unspecified atom stereocenters. The van der Waals surface area contributed by atoms with E-state index in [-0.39, 0.29) is 0 Å². The van der Waals surface area contributed by atoms with Crippen molar-refractivity contribution < 1.29 is 10.2 Å². The highest BCUT2D eigenvalue weighted by Crippen LogP contribution is 2.65. The first-order valence-electron chi connectivity index (χ1n) is 14.2. The Labute approximate surface area is 203 Å². The molecule has 0 atom stereocenters. The standard InChI is InChI=1S/C32H38O2/c33-31(23-11-19-9-20(13-23)14-24(31)12-19)29-7-3-1-5-27(29)28-6-2-4-8-30(28)32(34)25-15-21-10-22(17-25)18-26(32)16-21/h1-8,19-26,33-34H,9-18H2. The van der Waals surface area contributed by atoms with Gasteiger partial charge in [0.1, 0.15) is 0 Å². The summed E-state index contributed by atoms with van der Waals surface area (Å²) in [6, 6.07) is 17.4. The van der Waals surface area contributed by atoms with Crippen LogP contribution in [0, 0.1) is 47.3 Å². The average Bonchev–Trinajstić information content (AvgIpc) is 2.85. The van der Waals surface area contributed by atoms with Crippen LogP contribution >= 0.6 is 0 Å². The number of benzene rings is 2. The van der Waals surface area contributed by atoms with Crippen molar-refractivity contribution in [3.63, 3.8) is 0 Å². The van der Waals surface area contributed by atoms with Gasteiger partial charge in [0.2, 0.25) is 0 Å². The normalized spacial score (nSPS) is 47.9. The van der Waals surface area contributed by atoms with E-state index in [9.17, 15) is 10.2 Å². The van der Waals surface area contributed by atoms with E-state index in [2.05, 4.69) is 48.5 Å². The van der Waals surface area contributed by atoms with Crippen molar-refractivity contribution >= 4 is 0 Å². The maximum Gasteiger partial charge on any atom is 0.0958 e. The molecule has 0 radical (unpaired) electrons. The van der Waals surface area contributed by atoms with Crippen LogP contribution < -0.4 is 0 Å². The fourth-order valence-corrected chi connectivity index (χ4v) is 10.8. The van der Waals surface area contributed by atoms with Gasteiger partial charge in [-0.25, -0.2) is 0 Å². The summed E-state index contributed by atoms with van der Waals surface area (Å²) in [6.07, 6.45) is 12.3. The number of aliphatic hydroxyl groups is 2. The maximum atomic E-state index is 12.5. The van der Waals surface area contributed by atoms with E-state index in [0.717, 1.165) is 34.8 Å². The molecule has 2 aromatic carbocycles. The van der Waals surface area contributed by atoms with E-state index in [1.54, 1.807) is 0 Å². The van der Waals surface area contributed by atoms with Gasteiger partial charge in [0.15, 0.2) is 0 Å². The highest BCUT2D eigenvalue weighted by Gasteiger charge is 2.59. The Morgan fingerprint density at radius 3 is 1.06 bits per heavy atom. The van der Waals surface area contributed by atoms with Crippen molar-refractivity contribution in [1.82, 2.24) is 0 Å². The lowest BCUT2D eigenvalue weighted by molar-refractivity contribution is -0.180. The van der Waals surface area contributed by atoms with Crippen LogP contribution in [0.2, 0.25) is 0 Å². The van der Waals surface area contributed by atoms with Gasteiger partial charge < -0.3 is 10.2 Å². The molecule has 0 saturated heterocycles. The van der Waals surface area contributed by atoms with Gasteiger partial charge in [-0.15, -0.1) is 0 Å². The lowest BCUT2D eigenvalue weighted by atomic mass is 9.47. The Hall–Kier alpha value is -1.64. The number of hydrogen-bond donors (Lipinski definition) is 2. The summed E-state index contributed by atoms with van der Waals surface area (Å²) in [7, 11) is 0. The Morgan fingerprint density at radius 1 is 0.441 bits per heavy atom. The predicted octanol–water partition coefficient (Wildman–Crippen LogP) is 6.64. The van der Waals surface area contributed by atoms with Crippen molar-refractivity contribution in [2.45, 2.75) is 75.4 Å². The molecular formula is C32H38O2. The molecule has 178 valence electrons. The smallest absolute Gasteiger partial charge is 0.0958 e. The lowest BCUT2D eigenvalue weighted by Gasteiger charge is -2.60. The fourth-order valence-electron chi connectivity index (χ4n) is 10.8. The first-order valence-corrected chi connectivity index (χ1v) is 14.2. The molecule has 10 rings (SSSR count). The summed E-state index contributed by atoms with van der Waals surface area (Å²) in [6.45, 7) is 0. The molecule has 2 N–H and O–H groups in total. The van der Waals surface area contributed by atoms with Crippen LogP contribution in [0.25, 0.3) is 11.1 Å². The zero-order valence-electron chi connectivity index (χ0n) is 20.2. The first kappa shape index (κ1) is 20.5. The molecule has 0 amide bonds. The molecule has 2 nitrogen and oxygen atoms in total. The molecule has 2 heteroatoms. The number of hydrogen-bond acceptors (Lipinski definition) is 2. The summed E-state index contributed by atoms with van der Waals surface area (Å²) in [5.74, 6) is 4.88. The largest absolute Gasteiger partial charge is 0.385 e. The van der Waals surface area contributed by atoms with Crippen LogP contribution in [0.3, 0.4) is 0 Å². The van der Waals surface area contributed by atoms with Gasteiger partial charge in [-0.3, -0.25) is 0 Å². The molecule has 8 aliphatic carbocycles. The third kappa shape index (κ3) is 2.60. The summed E-state index contributed by atoms with van der Waals surface area (Å²) >= 11 is 0. The van der Waals surface area contributed by atoms with Crippen LogP contribution in [-0.2, 0) is 11.2 Å². The van der Waals surface area contributed by atoms with Gasteiger partial charge in [0.05, 0.1) is 11.2 Å². The monoisotopic (exact) mass is 454 g/mol. The highest BCUT2D eigenvalue weighted by molar-refractivity contribution is 5.73. The van der Waals surface area contributed by atoms with Gasteiger partial charge in [-0.05, 0) is 134 Å². The maximum absolute atomic E-state index is 12.5. The minimum absolute atomic E-state index is 0.390. The van der Waals surface area contributed by atoms with Gasteiger partial charge in [0, 0.05) is 0 Å². The van der Waals surface area contributed by atoms with Crippen molar-refractivity contribution in [1.29, 1.82) is 0 Å². The second-order valence-electron chi connectivity index (χ2n) is 13.4. The van der Waals surface area contributed by atoms with E-state index >= 15 is 0 Å². The average molecular weight is 455 g/mol. The van der Waals surface area contributed by atoms with E-state index < -0.39 is 11.2 Å². The predicted molar refractivity (Wildman–Crippen MR) is 134 cm³/mol. The highest BCUT2D eigenvalue weighted by atomic mass is 16.3. The fraction of sp³-hybridized carbons (Fsp3) is 0.625. The molecule has 8 fully saturated rings. The molecular weight excluding hydrogens is 416 g/mol. The zero-order chi connectivity index (χ0) is 22.7. The Kier molecular flexibility index (Phi) is 4.22. The van der Waals surface area contributed by atoms with Gasteiger partial charge in [-0.2, -0.15) is 0 Å². The lowest BCUT2D eigenvalue weighted by Crippen LogP contribution is -2.56. The molecule has 34 heavy (non-hydrogen) atoms. The van der Waals surface area contributed by atoms with Crippen molar-refractivity contribution in [2.75, 3.05) is 0 Å². The Balaban J connectivity index is 1.27. The quantitative estimate of drug-likeness (QED) is 0.546.